The second-order valence-corrected chi connectivity index (χ2v) is 7.68. The fourth-order valence-corrected chi connectivity index (χ4v) is 2.60. The predicted molar refractivity (Wildman–Crippen MR) is 81.5 cm³/mol. The van der Waals surface area contributed by atoms with E-state index in [2.05, 4.69) is 14.2 Å². The molecule has 0 saturated heterocycles. The first kappa shape index (κ1) is 17.1. The fourth-order valence-electron chi connectivity index (χ4n) is 1.74. The van der Waals surface area contributed by atoms with E-state index in [1.165, 1.54) is 31.5 Å². The standard InChI is InChI=1S/C12H14N2O7S2/c1-19-10-6-8(20-22(2,15)16)4-5-9(10)12-13-7-11(14-12)21-23(3,17)18/h4-7H,1-3H3,(H,13,14). The summed E-state index contributed by atoms with van der Waals surface area (Å²) in [5.41, 5.74) is 0.469. The van der Waals surface area contributed by atoms with Gasteiger partial charge in [0.2, 0.25) is 5.88 Å². The lowest BCUT2D eigenvalue weighted by Gasteiger charge is -2.09. The maximum atomic E-state index is 11.1. The van der Waals surface area contributed by atoms with Crippen LogP contribution >= 0.6 is 0 Å². The van der Waals surface area contributed by atoms with Crippen LogP contribution in [0, 0.1) is 0 Å². The molecule has 0 fully saturated rings. The van der Waals surface area contributed by atoms with Crippen LogP contribution in [0.25, 0.3) is 11.4 Å². The molecule has 11 heteroatoms. The smallest absolute Gasteiger partial charge is 0.307 e. The van der Waals surface area contributed by atoms with Gasteiger partial charge in [-0.05, 0) is 12.1 Å². The van der Waals surface area contributed by atoms with E-state index in [0.29, 0.717) is 5.56 Å². The Bertz CT molecular complexity index is 917. The van der Waals surface area contributed by atoms with Crippen LogP contribution in [0.2, 0.25) is 0 Å². The topological polar surface area (TPSA) is 125 Å². The van der Waals surface area contributed by atoms with Crippen molar-refractivity contribution in [3.63, 3.8) is 0 Å². The Balaban J connectivity index is 2.36. The molecular weight excluding hydrogens is 348 g/mol. The number of H-pyrrole nitrogens is 1. The lowest BCUT2D eigenvalue weighted by Crippen LogP contribution is -2.06. The van der Waals surface area contributed by atoms with Crippen LogP contribution in [0.4, 0.5) is 0 Å². The highest BCUT2D eigenvalue weighted by molar-refractivity contribution is 7.86. The van der Waals surface area contributed by atoms with Crippen LogP contribution in [0.15, 0.2) is 24.4 Å². The zero-order chi connectivity index (χ0) is 17.3. The number of ether oxygens (including phenoxy) is 1. The molecule has 9 nitrogen and oxygen atoms in total. The molecule has 0 aliphatic rings. The molecule has 0 unspecified atom stereocenters. The molecule has 0 aliphatic carbocycles. The first-order valence-corrected chi connectivity index (χ1v) is 9.73. The molecule has 0 radical (unpaired) electrons. The molecule has 0 bridgehead atoms. The Morgan fingerprint density at radius 3 is 2.26 bits per heavy atom. The highest BCUT2D eigenvalue weighted by Crippen LogP contribution is 2.32. The van der Waals surface area contributed by atoms with Gasteiger partial charge in [0.15, 0.2) is 0 Å². The zero-order valence-electron chi connectivity index (χ0n) is 12.4. The summed E-state index contributed by atoms with van der Waals surface area (Å²) in [5.74, 6) is 0.589. The van der Waals surface area contributed by atoms with Crippen molar-refractivity contribution in [2.45, 2.75) is 0 Å². The largest absolute Gasteiger partial charge is 0.496 e. The van der Waals surface area contributed by atoms with Crippen molar-refractivity contribution in [2.24, 2.45) is 0 Å². The van der Waals surface area contributed by atoms with Gasteiger partial charge in [0.25, 0.3) is 0 Å². The summed E-state index contributed by atoms with van der Waals surface area (Å²) in [5, 5.41) is 0. The van der Waals surface area contributed by atoms with Crippen LogP contribution in [0.1, 0.15) is 0 Å². The molecule has 126 valence electrons. The van der Waals surface area contributed by atoms with Crippen LogP contribution in [-0.4, -0.2) is 46.4 Å². The summed E-state index contributed by atoms with van der Waals surface area (Å²) < 4.78 is 59.0. The molecule has 0 saturated carbocycles. The van der Waals surface area contributed by atoms with E-state index in [4.69, 9.17) is 8.92 Å². The van der Waals surface area contributed by atoms with E-state index in [9.17, 15) is 16.8 Å². The van der Waals surface area contributed by atoms with Gasteiger partial charge in [0.1, 0.15) is 17.3 Å². The molecule has 2 rings (SSSR count). The van der Waals surface area contributed by atoms with Crippen molar-refractivity contribution in [2.75, 3.05) is 19.6 Å². The Morgan fingerprint density at radius 1 is 1.04 bits per heavy atom. The van der Waals surface area contributed by atoms with Crippen LogP contribution in [0.5, 0.6) is 17.4 Å². The number of hydrogen-bond acceptors (Lipinski definition) is 8. The monoisotopic (exact) mass is 362 g/mol. The first-order chi connectivity index (χ1) is 10.6. The summed E-state index contributed by atoms with van der Waals surface area (Å²) >= 11 is 0. The Kier molecular flexibility index (Phi) is 4.52. The van der Waals surface area contributed by atoms with E-state index >= 15 is 0 Å². The average Bonchev–Trinajstić information content (AvgIpc) is 2.82. The molecule has 0 aliphatic heterocycles. The molecule has 0 amide bonds. The van der Waals surface area contributed by atoms with Crippen molar-refractivity contribution >= 4 is 20.2 Å². The highest BCUT2D eigenvalue weighted by Gasteiger charge is 2.15. The van der Waals surface area contributed by atoms with Crippen LogP contribution < -0.4 is 13.1 Å². The van der Waals surface area contributed by atoms with Gasteiger partial charge in [-0.15, -0.1) is 0 Å². The number of aromatic amines is 1. The number of nitrogens with one attached hydrogen (secondary N) is 1. The summed E-state index contributed by atoms with van der Waals surface area (Å²) in [7, 11) is -5.95. The first-order valence-electron chi connectivity index (χ1n) is 6.10. The Hall–Kier alpha value is -2.27. The third-order valence-electron chi connectivity index (χ3n) is 2.47. The predicted octanol–water partition coefficient (Wildman–Crippen LogP) is 0.762. The van der Waals surface area contributed by atoms with E-state index < -0.39 is 20.2 Å². The molecule has 1 heterocycles. The molecule has 0 spiro atoms. The Morgan fingerprint density at radius 2 is 1.70 bits per heavy atom. The highest BCUT2D eigenvalue weighted by atomic mass is 32.2. The summed E-state index contributed by atoms with van der Waals surface area (Å²) in [4.78, 5) is 6.68. The zero-order valence-corrected chi connectivity index (χ0v) is 14.1. The average molecular weight is 362 g/mol. The molecular formula is C12H14N2O7S2. The van der Waals surface area contributed by atoms with E-state index in [-0.39, 0.29) is 23.2 Å². The number of rotatable bonds is 6. The molecule has 2 aromatic rings. The van der Waals surface area contributed by atoms with Crippen molar-refractivity contribution in [3.05, 3.63) is 24.4 Å². The summed E-state index contributed by atoms with van der Waals surface area (Å²) in [6.07, 6.45) is 3.04. The number of nitrogens with zero attached hydrogens (tertiary/aromatic N) is 1. The number of hydrogen-bond donors (Lipinski definition) is 1. The number of methoxy groups -OCH3 is 1. The van der Waals surface area contributed by atoms with E-state index in [1.807, 2.05) is 0 Å². The summed E-state index contributed by atoms with van der Waals surface area (Å²) in [6.45, 7) is 0. The van der Waals surface area contributed by atoms with Gasteiger partial charge in [0, 0.05) is 6.07 Å². The fraction of sp³-hybridized carbons (Fsp3) is 0.250. The SMILES string of the molecule is COc1cc(OS(C)(=O)=O)ccc1-c1ncc(OS(C)(=O)=O)[nH]1. The maximum absolute atomic E-state index is 11.1. The van der Waals surface area contributed by atoms with Gasteiger partial charge in [-0.3, -0.25) is 0 Å². The van der Waals surface area contributed by atoms with E-state index in [1.54, 1.807) is 0 Å². The quantitative estimate of drug-likeness (QED) is 0.747. The minimum Gasteiger partial charge on any atom is -0.496 e. The minimum atomic E-state index is -3.68. The van der Waals surface area contributed by atoms with Crippen molar-refractivity contribution in [1.29, 1.82) is 0 Å². The van der Waals surface area contributed by atoms with Gasteiger partial charge in [0.05, 0.1) is 31.4 Å². The van der Waals surface area contributed by atoms with Gasteiger partial charge in [-0.2, -0.15) is 16.8 Å². The van der Waals surface area contributed by atoms with Gasteiger partial charge < -0.3 is 18.1 Å². The second kappa shape index (κ2) is 6.08. The molecule has 0 atom stereocenters. The third kappa shape index (κ3) is 4.86. The molecule has 1 N–H and O–H groups in total. The normalized spacial score (nSPS) is 12.0. The molecule has 1 aromatic carbocycles. The maximum Gasteiger partial charge on any atom is 0.307 e. The second-order valence-electron chi connectivity index (χ2n) is 4.53. The van der Waals surface area contributed by atoms with Crippen molar-refractivity contribution in [1.82, 2.24) is 9.97 Å². The Labute approximate surface area is 133 Å². The number of imidazole rings is 1. The third-order valence-corrected chi connectivity index (χ3v) is 3.45. The van der Waals surface area contributed by atoms with Gasteiger partial charge >= 0.3 is 20.2 Å². The minimum absolute atomic E-state index is 0.0546. The summed E-state index contributed by atoms with van der Waals surface area (Å²) in [6, 6.07) is 4.30. The number of benzene rings is 1. The number of aromatic nitrogens is 2. The van der Waals surface area contributed by atoms with E-state index in [0.717, 1.165) is 12.5 Å². The van der Waals surface area contributed by atoms with Crippen LogP contribution in [-0.2, 0) is 20.2 Å². The van der Waals surface area contributed by atoms with Gasteiger partial charge in [-0.1, -0.05) is 0 Å². The lowest BCUT2D eigenvalue weighted by atomic mass is 10.2. The molecule has 1 aromatic heterocycles. The van der Waals surface area contributed by atoms with Crippen molar-refractivity contribution in [3.8, 4) is 28.8 Å². The lowest BCUT2D eigenvalue weighted by molar-refractivity contribution is 0.413. The van der Waals surface area contributed by atoms with Crippen molar-refractivity contribution < 1.29 is 29.9 Å². The van der Waals surface area contributed by atoms with Gasteiger partial charge in [-0.25, -0.2) is 4.98 Å². The molecule has 23 heavy (non-hydrogen) atoms. The van der Waals surface area contributed by atoms with Crippen LogP contribution in [0.3, 0.4) is 0 Å².